The van der Waals surface area contributed by atoms with Crippen LogP contribution in [0.25, 0.3) is 10.8 Å². The van der Waals surface area contributed by atoms with Crippen molar-refractivity contribution in [1.82, 2.24) is 24.8 Å². The zero-order chi connectivity index (χ0) is 33.5. The molecule has 2 aliphatic rings. The molecule has 2 aliphatic heterocycles. The van der Waals surface area contributed by atoms with Crippen molar-refractivity contribution >= 4 is 61.3 Å². The maximum Gasteiger partial charge on any atom is 0.229 e. The van der Waals surface area contributed by atoms with E-state index in [1.165, 1.54) is 6.20 Å². The van der Waals surface area contributed by atoms with E-state index in [9.17, 15) is 18.3 Å². The smallest absolute Gasteiger partial charge is 0.229 e. The summed E-state index contributed by atoms with van der Waals surface area (Å²) in [4.78, 5) is 23.7. The predicted molar refractivity (Wildman–Crippen MR) is 183 cm³/mol. The van der Waals surface area contributed by atoms with Crippen molar-refractivity contribution in [2.75, 3.05) is 36.8 Å². The molecule has 0 spiro atoms. The molecule has 2 aromatic carbocycles. The SMILES string of the molecule is CC(C)Oc1cc2cn(C3CCN(C(=O)C4CNC4)CC3)c(O)c2cc1Nc1ncc(Cl)c(Nc2ccccc2S(=O)(=O)C(C)C)n1. The number of sulfone groups is 1. The Morgan fingerprint density at radius 2 is 1.81 bits per heavy atom. The van der Waals surface area contributed by atoms with Gasteiger partial charge in [0.1, 0.15) is 10.8 Å². The number of nitrogens with zero attached hydrogens (tertiary/aromatic N) is 4. The van der Waals surface area contributed by atoms with Crippen LogP contribution in [0, 0.1) is 5.92 Å². The molecule has 2 aromatic heterocycles. The van der Waals surface area contributed by atoms with Crippen LogP contribution in [0.15, 0.2) is 53.7 Å². The summed E-state index contributed by atoms with van der Waals surface area (Å²) < 4.78 is 34.1. The van der Waals surface area contributed by atoms with E-state index in [1.54, 1.807) is 44.2 Å². The van der Waals surface area contributed by atoms with Crippen LogP contribution in [0.1, 0.15) is 46.6 Å². The Labute approximate surface area is 279 Å². The molecule has 47 heavy (non-hydrogen) atoms. The number of ether oxygens (including phenoxy) is 1. The summed E-state index contributed by atoms with van der Waals surface area (Å²) in [7, 11) is -3.58. The van der Waals surface area contributed by atoms with Crippen LogP contribution < -0.4 is 20.7 Å². The first kappa shape index (κ1) is 32.9. The lowest BCUT2D eigenvalue weighted by atomic mass is 9.98. The summed E-state index contributed by atoms with van der Waals surface area (Å²) in [5.41, 5.74) is 0.879. The van der Waals surface area contributed by atoms with E-state index in [4.69, 9.17) is 16.3 Å². The highest BCUT2D eigenvalue weighted by atomic mass is 35.5. The van der Waals surface area contributed by atoms with Crippen molar-refractivity contribution in [3.63, 3.8) is 0 Å². The van der Waals surface area contributed by atoms with Crippen molar-refractivity contribution in [2.45, 2.75) is 62.8 Å². The highest BCUT2D eigenvalue weighted by Crippen LogP contribution is 2.41. The molecule has 0 radical (unpaired) electrons. The lowest BCUT2D eigenvalue weighted by Crippen LogP contribution is -2.53. The van der Waals surface area contributed by atoms with Gasteiger partial charge in [0.25, 0.3) is 0 Å². The summed E-state index contributed by atoms with van der Waals surface area (Å²) >= 11 is 6.46. The fraction of sp³-hybridized carbons (Fsp3) is 0.424. The number of piperidine rings is 1. The predicted octanol–water partition coefficient (Wildman–Crippen LogP) is 5.63. The fourth-order valence-electron chi connectivity index (χ4n) is 5.89. The third-order valence-electron chi connectivity index (χ3n) is 8.64. The average Bonchev–Trinajstić information content (AvgIpc) is 3.32. The Balaban J connectivity index is 1.27. The summed E-state index contributed by atoms with van der Waals surface area (Å²) in [6.07, 6.45) is 4.71. The van der Waals surface area contributed by atoms with Gasteiger partial charge in [-0.15, -0.1) is 0 Å². The van der Waals surface area contributed by atoms with Crippen LogP contribution in [-0.4, -0.2) is 76.4 Å². The molecule has 0 saturated carbocycles. The second-order valence-corrected chi connectivity index (χ2v) is 15.5. The van der Waals surface area contributed by atoms with Gasteiger partial charge in [-0.25, -0.2) is 13.4 Å². The Morgan fingerprint density at radius 1 is 1.09 bits per heavy atom. The lowest BCUT2D eigenvalue weighted by molar-refractivity contribution is -0.138. The topological polar surface area (TPSA) is 151 Å². The molecule has 0 atom stereocenters. The number of para-hydroxylation sites is 1. The number of rotatable bonds is 10. The molecule has 4 aromatic rings. The lowest BCUT2D eigenvalue weighted by Gasteiger charge is -2.37. The number of hydrogen-bond acceptors (Lipinski definition) is 10. The van der Waals surface area contributed by atoms with E-state index in [0.29, 0.717) is 35.6 Å². The van der Waals surface area contributed by atoms with Crippen LogP contribution in [0.2, 0.25) is 5.02 Å². The largest absolute Gasteiger partial charge is 0.494 e. The first-order valence-corrected chi connectivity index (χ1v) is 17.8. The van der Waals surface area contributed by atoms with Gasteiger partial charge >= 0.3 is 0 Å². The summed E-state index contributed by atoms with van der Waals surface area (Å²) in [5, 5.41) is 21.9. The first-order valence-electron chi connectivity index (χ1n) is 15.9. The van der Waals surface area contributed by atoms with Crippen LogP contribution in [0.3, 0.4) is 0 Å². The molecule has 6 rings (SSSR count). The van der Waals surface area contributed by atoms with Crippen molar-refractivity contribution in [3.8, 4) is 11.6 Å². The Kier molecular flexibility index (Phi) is 9.23. The molecule has 2 saturated heterocycles. The van der Waals surface area contributed by atoms with E-state index in [2.05, 4.69) is 25.9 Å². The number of amides is 1. The van der Waals surface area contributed by atoms with E-state index >= 15 is 0 Å². The maximum atomic E-state index is 13.0. The highest BCUT2D eigenvalue weighted by molar-refractivity contribution is 7.92. The third-order valence-corrected chi connectivity index (χ3v) is 11.1. The average molecular weight is 682 g/mol. The number of aromatic hydroxyl groups is 1. The number of aromatic nitrogens is 3. The quantitative estimate of drug-likeness (QED) is 0.166. The number of benzene rings is 2. The van der Waals surface area contributed by atoms with Crippen LogP contribution >= 0.6 is 11.6 Å². The number of halogens is 1. The van der Waals surface area contributed by atoms with Gasteiger partial charge in [-0.1, -0.05) is 23.7 Å². The fourth-order valence-corrected chi connectivity index (χ4v) is 7.23. The maximum absolute atomic E-state index is 13.0. The molecule has 4 N–H and O–H groups in total. The van der Waals surface area contributed by atoms with Crippen molar-refractivity contribution < 1.29 is 23.1 Å². The molecular formula is C33H40ClN7O5S. The molecule has 0 bridgehead atoms. The molecule has 0 aliphatic carbocycles. The first-order chi connectivity index (χ1) is 22.4. The van der Waals surface area contributed by atoms with E-state index in [1.807, 2.05) is 35.6 Å². The highest BCUT2D eigenvalue weighted by Gasteiger charge is 2.32. The van der Waals surface area contributed by atoms with Gasteiger partial charge in [0.2, 0.25) is 11.9 Å². The Morgan fingerprint density at radius 3 is 2.47 bits per heavy atom. The molecule has 0 unspecified atom stereocenters. The van der Waals surface area contributed by atoms with E-state index in [0.717, 1.165) is 31.3 Å². The van der Waals surface area contributed by atoms with Gasteiger partial charge < -0.3 is 35.3 Å². The molecule has 4 heterocycles. The number of likely N-dealkylation sites (tertiary alicyclic amines) is 1. The van der Waals surface area contributed by atoms with Gasteiger partial charge in [0.15, 0.2) is 21.5 Å². The third kappa shape index (κ3) is 6.69. The van der Waals surface area contributed by atoms with Crippen molar-refractivity contribution in [1.29, 1.82) is 0 Å². The van der Waals surface area contributed by atoms with Crippen molar-refractivity contribution in [2.24, 2.45) is 5.92 Å². The van der Waals surface area contributed by atoms with E-state index < -0.39 is 15.1 Å². The minimum atomic E-state index is -3.58. The molecule has 14 heteroatoms. The molecule has 2 fully saturated rings. The number of carbonyl (C=O) groups is 1. The summed E-state index contributed by atoms with van der Waals surface area (Å²) in [6, 6.07) is 10.3. The van der Waals surface area contributed by atoms with Crippen LogP contribution in [-0.2, 0) is 14.6 Å². The Bertz CT molecular complexity index is 1900. The monoisotopic (exact) mass is 681 g/mol. The zero-order valence-electron chi connectivity index (χ0n) is 26.8. The summed E-state index contributed by atoms with van der Waals surface area (Å²) in [6.45, 7) is 9.91. The van der Waals surface area contributed by atoms with E-state index in [-0.39, 0.29) is 51.5 Å². The molecule has 1 amide bonds. The van der Waals surface area contributed by atoms with Crippen molar-refractivity contribution in [3.05, 3.63) is 53.8 Å². The summed E-state index contributed by atoms with van der Waals surface area (Å²) in [5.74, 6) is 1.37. The standard InChI is InChI=1S/C33H40ClN7O5S/c1-19(2)46-28-13-21-18-41(23-9-11-40(12-10-23)31(42)22-15-35-16-22)32(43)24(21)14-27(28)38-33-36-17-25(34)30(39-33)37-26-7-5-6-8-29(26)47(44,45)20(3)4/h5-8,13-14,17-20,22-23,35,43H,9-12,15-16H2,1-4H3,(H2,36,37,38,39). The molecule has 250 valence electrons. The number of carbonyl (C=O) groups excluding carboxylic acids is 1. The van der Waals surface area contributed by atoms with Gasteiger partial charge in [0.05, 0.1) is 39.7 Å². The second kappa shape index (κ2) is 13.2. The van der Waals surface area contributed by atoms with Gasteiger partial charge in [-0.2, -0.15) is 4.98 Å². The number of anilines is 4. The minimum Gasteiger partial charge on any atom is -0.494 e. The molecular weight excluding hydrogens is 642 g/mol. The number of fused-ring (bicyclic) bond motifs is 1. The van der Waals surface area contributed by atoms with Crippen LogP contribution in [0.4, 0.5) is 23.1 Å². The Hall–Kier alpha value is -4.07. The zero-order valence-corrected chi connectivity index (χ0v) is 28.4. The second-order valence-electron chi connectivity index (χ2n) is 12.6. The molecule has 12 nitrogen and oxygen atoms in total. The number of hydrogen-bond donors (Lipinski definition) is 4. The minimum absolute atomic E-state index is 0.0486. The van der Waals surface area contributed by atoms with Crippen LogP contribution in [0.5, 0.6) is 11.6 Å². The van der Waals surface area contributed by atoms with Gasteiger partial charge in [-0.05, 0) is 64.8 Å². The van der Waals surface area contributed by atoms with Gasteiger partial charge in [0, 0.05) is 49.2 Å². The normalized spacial score (nSPS) is 16.1. The number of nitrogens with one attached hydrogen (secondary N) is 3. The van der Waals surface area contributed by atoms with Gasteiger partial charge in [-0.3, -0.25) is 4.79 Å².